The van der Waals surface area contributed by atoms with E-state index in [2.05, 4.69) is 0 Å². The summed E-state index contributed by atoms with van der Waals surface area (Å²) in [6.07, 6.45) is -5.54. The Kier molecular flexibility index (Phi) is 6.97. The zero-order chi connectivity index (χ0) is 21.9. The van der Waals surface area contributed by atoms with Crippen LogP contribution in [0.5, 0.6) is 0 Å². The molecule has 0 unspecified atom stereocenters. The minimum atomic E-state index is -5.70. The lowest BCUT2D eigenvalue weighted by Gasteiger charge is -2.39. The summed E-state index contributed by atoms with van der Waals surface area (Å²) in [6.45, 7) is 3.93. The fraction of sp³-hybridized carbons (Fsp3) is 0.632. The molecule has 1 saturated heterocycles. The number of amides is 1. The summed E-state index contributed by atoms with van der Waals surface area (Å²) in [5, 5.41) is 1.09. The fourth-order valence-electron chi connectivity index (χ4n) is 2.81. The molecule has 1 aliphatic heterocycles. The minimum absolute atomic E-state index is 0.266. The molecule has 1 aromatic rings. The number of para-hydroxylation sites is 1. The standard InChI is InChI=1S/C19H25F5N2O3/c1-17(2,3)29-16(27)25-11-9-15(10-12-25)26(14-7-5-4-6-8-14)28-13-18(20,21)19(22,23)24/h4-8,15H,9-13H2,1-3H3. The van der Waals surface area contributed by atoms with E-state index in [1.807, 2.05) is 0 Å². The van der Waals surface area contributed by atoms with Gasteiger partial charge < -0.3 is 9.64 Å². The molecule has 1 aliphatic rings. The number of hydroxylamine groups is 1. The highest BCUT2D eigenvalue weighted by Gasteiger charge is 2.58. The van der Waals surface area contributed by atoms with Gasteiger partial charge in [0.2, 0.25) is 0 Å². The summed E-state index contributed by atoms with van der Waals surface area (Å²) in [5.74, 6) is -4.97. The fourth-order valence-corrected chi connectivity index (χ4v) is 2.81. The number of alkyl halides is 5. The molecule has 0 saturated carbocycles. The van der Waals surface area contributed by atoms with Crippen LogP contribution in [0.25, 0.3) is 0 Å². The first-order valence-electron chi connectivity index (χ1n) is 9.20. The van der Waals surface area contributed by atoms with Crippen molar-refractivity contribution in [1.29, 1.82) is 0 Å². The number of rotatable bonds is 5. The summed E-state index contributed by atoms with van der Waals surface area (Å²) in [5.41, 5.74) is -0.294. The molecule has 0 spiro atoms. The van der Waals surface area contributed by atoms with Crippen LogP contribution in [0.1, 0.15) is 33.6 Å². The van der Waals surface area contributed by atoms with Crippen molar-refractivity contribution in [2.45, 2.75) is 57.4 Å². The second kappa shape index (κ2) is 8.73. The molecule has 1 fully saturated rings. The Hall–Kier alpha value is -2.10. The van der Waals surface area contributed by atoms with Gasteiger partial charge in [-0.05, 0) is 45.7 Å². The molecule has 1 aromatic carbocycles. The van der Waals surface area contributed by atoms with E-state index < -0.39 is 36.4 Å². The third-order valence-corrected chi connectivity index (χ3v) is 4.26. The average Bonchev–Trinajstić information content (AvgIpc) is 2.61. The van der Waals surface area contributed by atoms with Crippen molar-refractivity contribution in [3.05, 3.63) is 30.3 Å². The molecule has 0 aromatic heterocycles. The van der Waals surface area contributed by atoms with E-state index in [1.54, 1.807) is 51.1 Å². The Morgan fingerprint density at radius 1 is 1.07 bits per heavy atom. The molecule has 164 valence electrons. The molecule has 5 nitrogen and oxygen atoms in total. The molecule has 10 heteroatoms. The number of hydrogen-bond acceptors (Lipinski definition) is 4. The van der Waals surface area contributed by atoms with Gasteiger partial charge in [-0.1, -0.05) is 18.2 Å². The summed E-state index contributed by atoms with van der Waals surface area (Å²) in [6, 6.07) is 7.60. The third kappa shape index (κ3) is 6.45. The van der Waals surface area contributed by atoms with E-state index in [0.29, 0.717) is 18.5 Å². The Morgan fingerprint density at radius 3 is 2.10 bits per heavy atom. The van der Waals surface area contributed by atoms with Crippen LogP contribution in [-0.4, -0.2) is 54.4 Å². The number of ether oxygens (including phenoxy) is 1. The number of likely N-dealkylation sites (tertiary alicyclic amines) is 1. The van der Waals surface area contributed by atoms with Crippen molar-refractivity contribution in [1.82, 2.24) is 4.90 Å². The van der Waals surface area contributed by atoms with E-state index >= 15 is 0 Å². The molecule has 1 heterocycles. The SMILES string of the molecule is CC(C)(C)OC(=O)N1CCC(N(OCC(F)(F)C(F)(F)F)c2ccccc2)CC1. The molecular formula is C19H25F5N2O3. The lowest BCUT2D eigenvalue weighted by molar-refractivity contribution is -0.298. The summed E-state index contributed by atoms with van der Waals surface area (Å²) < 4.78 is 69.5. The monoisotopic (exact) mass is 424 g/mol. The van der Waals surface area contributed by atoms with Gasteiger partial charge in [0.05, 0.1) is 11.7 Å². The topological polar surface area (TPSA) is 42.0 Å². The number of piperidine rings is 1. The largest absolute Gasteiger partial charge is 0.455 e. The highest BCUT2D eigenvalue weighted by atomic mass is 19.4. The summed E-state index contributed by atoms with van der Waals surface area (Å²) >= 11 is 0. The van der Waals surface area contributed by atoms with Crippen LogP contribution >= 0.6 is 0 Å². The van der Waals surface area contributed by atoms with Gasteiger partial charge in [-0.3, -0.25) is 9.90 Å². The highest BCUT2D eigenvalue weighted by molar-refractivity contribution is 5.68. The van der Waals surface area contributed by atoms with Crippen LogP contribution in [0, 0.1) is 0 Å². The van der Waals surface area contributed by atoms with Crippen molar-refractivity contribution in [2.24, 2.45) is 0 Å². The summed E-state index contributed by atoms with van der Waals surface area (Å²) in [7, 11) is 0. The molecule has 0 bridgehead atoms. The van der Waals surface area contributed by atoms with E-state index in [1.165, 1.54) is 4.90 Å². The van der Waals surface area contributed by atoms with Crippen LogP contribution in [-0.2, 0) is 9.57 Å². The van der Waals surface area contributed by atoms with Gasteiger partial charge >= 0.3 is 18.2 Å². The second-order valence-electron chi connectivity index (χ2n) is 7.84. The quantitative estimate of drug-likeness (QED) is 0.492. The predicted octanol–water partition coefficient (Wildman–Crippen LogP) is 5.02. The van der Waals surface area contributed by atoms with Crippen LogP contribution in [0.2, 0.25) is 0 Å². The van der Waals surface area contributed by atoms with E-state index in [0.717, 1.165) is 5.06 Å². The average molecular weight is 424 g/mol. The number of hydrogen-bond donors (Lipinski definition) is 0. The summed E-state index contributed by atoms with van der Waals surface area (Å²) in [4.78, 5) is 18.6. The smallest absolute Gasteiger partial charge is 0.444 e. The number of carbonyl (C=O) groups excluding carboxylic acids is 1. The first-order chi connectivity index (χ1) is 13.3. The van der Waals surface area contributed by atoms with Crippen LogP contribution < -0.4 is 5.06 Å². The van der Waals surface area contributed by atoms with Gasteiger partial charge in [-0.25, -0.2) is 4.79 Å². The maximum absolute atomic E-state index is 13.4. The maximum Gasteiger partial charge on any atom is 0.455 e. The zero-order valence-corrected chi connectivity index (χ0v) is 16.5. The van der Waals surface area contributed by atoms with Gasteiger partial charge in [0.15, 0.2) is 0 Å². The minimum Gasteiger partial charge on any atom is -0.444 e. The molecular weight excluding hydrogens is 399 g/mol. The molecule has 0 N–H and O–H groups in total. The Balaban J connectivity index is 2.07. The molecule has 0 aliphatic carbocycles. The number of halogens is 5. The number of benzene rings is 1. The van der Waals surface area contributed by atoms with Crippen molar-refractivity contribution in [3.8, 4) is 0 Å². The van der Waals surface area contributed by atoms with Crippen LogP contribution in [0.4, 0.5) is 32.4 Å². The maximum atomic E-state index is 13.4. The second-order valence-corrected chi connectivity index (χ2v) is 7.84. The first kappa shape index (κ1) is 23.2. The van der Waals surface area contributed by atoms with Gasteiger partial charge in [0.1, 0.15) is 12.2 Å². The Morgan fingerprint density at radius 2 is 1.62 bits per heavy atom. The first-order valence-corrected chi connectivity index (χ1v) is 9.20. The van der Waals surface area contributed by atoms with Crippen molar-refractivity contribution >= 4 is 11.8 Å². The van der Waals surface area contributed by atoms with E-state index in [-0.39, 0.29) is 13.1 Å². The lowest BCUT2D eigenvalue weighted by Crippen LogP contribution is -2.50. The van der Waals surface area contributed by atoms with Crippen molar-refractivity contribution in [3.63, 3.8) is 0 Å². The van der Waals surface area contributed by atoms with E-state index in [9.17, 15) is 26.7 Å². The predicted molar refractivity (Wildman–Crippen MR) is 96.7 cm³/mol. The van der Waals surface area contributed by atoms with Gasteiger partial charge in [-0.2, -0.15) is 22.0 Å². The number of nitrogens with zero attached hydrogens (tertiary/aromatic N) is 2. The van der Waals surface area contributed by atoms with Gasteiger partial charge in [-0.15, -0.1) is 0 Å². The molecule has 0 radical (unpaired) electrons. The molecule has 29 heavy (non-hydrogen) atoms. The molecule has 2 rings (SSSR count). The lowest BCUT2D eigenvalue weighted by atomic mass is 10.0. The van der Waals surface area contributed by atoms with Gasteiger partial charge in [0, 0.05) is 13.1 Å². The molecule has 1 amide bonds. The normalized spacial score (nSPS) is 16.6. The van der Waals surface area contributed by atoms with Crippen molar-refractivity contribution < 1.29 is 36.3 Å². The third-order valence-electron chi connectivity index (χ3n) is 4.26. The highest BCUT2D eigenvalue weighted by Crippen LogP contribution is 2.36. The Labute approximate surface area is 166 Å². The molecule has 0 atom stereocenters. The van der Waals surface area contributed by atoms with Crippen LogP contribution in [0.3, 0.4) is 0 Å². The zero-order valence-electron chi connectivity index (χ0n) is 16.5. The Bertz CT molecular complexity index is 669. The number of carbonyl (C=O) groups is 1. The van der Waals surface area contributed by atoms with E-state index in [4.69, 9.17) is 9.57 Å². The number of anilines is 1. The van der Waals surface area contributed by atoms with Gasteiger partial charge in [0.25, 0.3) is 0 Å². The van der Waals surface area contributed by atoms with Crippen molar-refractivity contribution in [2.75, 3.05) is 24.8 Å². The van der Waals surface area contributed by atoms with Crippen LogP contribution in [0.15, 0.2) is 30.3 Å².